The lowest BCUT2D eigenvalue weighted by molar-refractivity contribution is -0.151. The van der Waals surface area contributed by atoms with Crippen LogP contribution in [0.2, 0.25) is 0 Å². The van der Waals surface area contributed by atoms with Crippen LogP contribution in [0.3, 0.4) is 0 Å². The first-order valence-electron chi connectivity index (χ1n) is 6.13. The number of carbonyl (C=O) groups excluding carboxylic acids is 1. The Hall–Kier alpha value is -1.94. The highest BCUT2D eigenvalue weighted by Gasteiger charge is 2.24. The van der Waals surface area contributed by atoms with E-state index in [1.54, 1.807) is 26.8 Å². The number of esters is 1. The first kappa shape index (κ1) is 17.1. The summed E-state index contributed by atoms with van der Waals surface area (Å²) in [6, 6.07) is 5.04. The molecular formula is C14H16FNO4S. The van der Waals surface area contributed by atoms with E-state index in [0.29, 0.717) is 0 Å². The molecule has 0 heterocycles. The Morgan fingerprint density at radius 1 is 1.38 bits per heavy atom. The summed E-state index contributed by atoms with van der Waals surface area (Å²) in [5.74, 6) is -2.92. The van der Waals surface area contributed by atoms with Gasteiger partial charge in [0.25, 0.3) is 0 Å². The normalized spacial score (nSPS) is 11.8. The van der Waals surface area contributed by atoms with Gasteiger partial charge in [-0.2, -0.15) is 5.26 Å². The first-order valence-corrected chi connectivity index (χ1v) is 7.95. The second kappa shape index (κ2) is 6.22. The summed E-state index contributed by atoms with van der Waals surface area (Å²) in [7, 11) is -3.85. The van der Waals surface area contributed by atoms with E-state index in [4.69, 9.17) is 10.00 Å². The number of nitriles is 1. The molecular weight excluding hydrogens is 297 g/mol. The highest BCUT2D eigenvalue weighted by Crippen LogP contribution is 2.15. The van der Waals surface area contributed by atoms with Crippen LogP contribution < -0.4 is 0 Å². The molecule has 0 radical (unpaired) electrons. The molecule has 0 spiro atoms. The monoisotopic (exact) mass is 313 g/mol. The predicted molar refractivity (Wildman–Crippen MR) is 74.5 cm³/mol. The van der Waals surface area contributed by atoms with E-state index in [1.807, 2.05) is 0 Å². The van der Waals surface area contributed by atoms with Crippen LogP contribution in [0.15, 0.2) is 18.2 Å². The predicted octanol–water partition coefficient (Wildman–Crippen LogP) is 1.95. The zero-order valence-corrected chi connectivity index (χ0v) is 12.8. The van der Waals surface area contributed by atoms with Crippen molar-refractivity contribution < 1.29 is 22.3 Å². The average molecular weight is 313 g/mol. The summed E-state index contributed by atoms with van der Waals surface area (Å²) in [6.07, 6.45) is 0. The van der Waals surface area contributed by atoms with Gasteiger partial charge >= 0.3 is 5.97 Å². The summed E-state index contributed by atoms with van der Waals surface area (Å²) >= 11 is 0. The molecule has 0 aliphatic heterocycles. The molecule has 114 valence electrons. The van der Waals surface area contributed by atoms with Crippen molar-refractivity contribution in [1.29, 1.82) is 5.26 Å². The molecule has 1 aromatic carbocycles. The SMILES string of the molecule is CC(C)(C)OC(=O)CS(=O)(=O)Cc1cc(F)ccc1C#N. The Balaban J connectivity index is 2.89. The number of halogens is 1. The van der Waals surface area contributed by atoms with Gasteiger partial charge in [-0.25, -0.2) is 12.8 Å². The van der Waals surface area contributed by atoms with Crippen molar-refractivity contribution in [2.75, 3.05) is 5.75 Å². The maximum Gasteiger partial charge on any atom is 0.321 e. The zero-order valence-electron chi connectivity index (χ0n) is 12.0. The minimum Gasteiger partial charge on any atom is -0.459 e. The highest BCUT2D eigenvalue weighted by molar-refractivity contribution is 7.91. The van der Waals surface area contributed by atoms with E-state index >= 15 is 0 Å². The van der Waals surface area contributed by atoms with Gasteiger partial charge in [0.05, 0.1) is 17.4 Å². The molecule has 0 aliphatic carbocycles. The molecule has 0 saturated heterocycles. The van der Waals surface area contributed by atoms with Gasteiger partial charge in [0.2, 0.25) is 0 Å². The van der Waals surface area contributed by atoms with Gasteiger partial charge in [-0.1, -0.05) is 0 Å². The van der Waals surface area contributed by atoms with E-state index in [9.17, 15) is 17.6 Å². The van der Waals surface area contributed by atoms with Crippen LogP contribution in [0.5, 0.6) is 0 Å². The van der Waals surface area contributed by atoms with Crippen molar-refractivity contribution in [2.24, 2.45) is 0 Å². The minimum absolute atomic E-state index is 0.0288. The van der Waals surface area contributed by atoms with E-state index in [0.717, 1.165) is 12.1 Å². The van der Waals surface area contributed by atoms with Gasteiger partial charge in [0, 0.05) is 0 Å². The van der Waals surface area contributed by atoms with Gasteiger partial charge in [0.15, 0.2) is 9.84 Å². The Kier molecular flexibility index (Phi) is 5.07. The minimum atomic E-state index is -3.85. The van der Waals surface area contributed by atoms with E-state index < -0.39 is 38.7 Å². The van der Waals surface area contributed by atoms with Crippen molar-refractivity contribution in [2.45, 2.75) is 32.1 Å². The Bertz CT molecular complexity index is 684. The highest BCUT2D eigenvalue weighted by atomic mass is 32.2. The summed E-state index contributed by atoms with van der Waals surface area (Å²) in [4.78, 5) is 11.5. The van der Waals surface area contributed by atoms with Gasteiger partial charge in [0.1, 0.15) is 17.2 Å². The molecule has 0 aromatic heterocycles. The second-order valence-corrected chi connectivity index (χ2v) is 7.60. The third-order valence-corrected chi connectivity index (χ3v) is 3.75. The summed E-state index contributed by atoms with van der Waals surface area (Å²) < 4.78 is 42.0. The van der Waals surface area contributed by atoms with Crippen LogP contribution >= 0.6 is 0 Å². The van der Waals surface area contributed by atoms with Gasteiger partial charge < -0.3 is 4.74 Å². The van der Waals surface area contributed by atoms with Crippen molar-refractivity contribution in [3.63, 3.8) is 0 Å². The molecule has 1 rings (SSSR count). The lowest BCUT2D eigenvalue weighted by atomic mass is 10.1. The summed E-state index contributed by atoms with van der Waals surface area (Å²) in [6.45, 7) is 4.87. The fourth-order valence-corrected chi connectivity index (χ4v) is 2.86. The van der Waals surface area contributed by atoms with Crippen LogP contribution in [0, 0.1) is 17.1 Å². The second-order valence-electron chi connectivity index (χ2n) is 5.53. The van der Waals surface area contributed by atoms with Gasteiger partial charge in [-0.3, -0.25) is 4.79 Å². The summed E-state index contributed by atoms with van der Waals surface area (Å²) in [5, 5.41) is 8.88. The lowest BCUT2D eigenvalue weighted by Gasteiger charge is -2.19. The topological polar surface area (TPSA) is 84.2 Å². The van der Waals surface area contributed by atoms with Crippen molar-refractivity contribution in [3.05, 3.63) is 35.1 Å². The fourth-order valence-electron chi connectivity index (χ4n) is 1.63. The largest absolute Gasteiger partial charge is 0.459 e. The molecule has 0 unspecified atom stereocenters. The number of sulfone groups is 1. The molecule has 0 saturated carbocycles. The molecule has 0 amide bonds. The van der Waals surface area contributed by atoms with Crippen LogP contribution in [-0.4, -0.2) is 25.7 Å². The Labute approximate surface area is 123 Å². The fraction of sp³-hybridized carbons (Fsp3) is 0.429. The number of ether oxygens (including phenoxy) is 1. The third-order valence-electron chi connectivity index (χ3n) is 2.32. The quantitative estimate of drug-likeness (QED) is 0.793. The van der Waals surface area contributed by atoms with Crippen molar-refractivity contribution >= 4 is 15.8 Å². The molecule has 1 aromatic rings. The number of carbonyl (C=O) groups is 1. The Morgan fingerprint density at radius 2 is 2.00 bits per heavy atom. The molecule has 0 bridgehead atoms. The maximum atomic E-state index is 13.1. The molecule has 21 heavy (non-hydrogen) atoms. The van der Waals surface area contributed by atoms with Crippen LogP contribution in [0.1, 0.15) is 31.9 Å². The van der Waals surface area contributed by atoms with Crippen LogP contribution in [0.4, 0.5) is 4.39 Å². The van der Waals surface area contributed by atoms with Crippen molar-refractivity contribution in [3.8, 4) is 6.07 Å². The molecule has 5 nitrogen and oxygen atoms in total. The lowest BCUT2D eigenvalue weighted by Crippen LogP contribution is -2.29. The molecule has 0 N–H and O–H groups in total. The van der Waals surface area contributed by atoms with E-state index in [1.165, 1.54) is 6.07 Å². The smallest absolute Gasteiger partial charge is 0.321 e. The first-order chi connectivity index (χ1) is 9.52. The van der Waals surface area contributed by atoms with Crippen LogP contribution in [-0.2, 0) is 25.1 Å². The molecule has 7 heteroatoms. The standard InChI is InChI=1S/C14H16FNO4S/c1-14(2,3)20-13(17)9-21(18,19)8-11-6-12(15)5-4-10(11)7-16/h4-6H,8-9H2,1-3H3. The molecule has 0 fully saturated rings. The zero-order chi connectivity index (χ0) is 16.3. The Morgan fingerprint density at radius 3 is 2.52 bits per heavy atom. The average Bonchev–Trinajstić information content (AvgIpc) is 2.24. The third kappa shape index (κ3) is 5.92. The number of benzene rings is 1. The van der Waals surface area contributed by atoms with E-state index in [-0.39, 0.29) is 11.1 Å². The summed E-state index contributed by atoms with van der Waals surface area (Å²) in [5.41, 5.74) is -0.700. The van der Waals surface area contributed by atoms with Crippen molar-refractivity contribution in [1.82, 2.24) is 0 Å². The van der Waals surface area contributed by atoms with Gasteiger partial charge in [-0.15, -0.1) is 0 Å². The number of hydrogen-bond acceptors (Lipinski definition) is 5. The number of hydrogen-bond donors (Lipinski definition) is 0. The van der Waals surface area contributed by atoms with Gasteiger partial charge in [-0.05, 0) is 44.5 Å². The van der Waals surface area contributed by atoms with Crippen LogP contribution in [0.25, 0.3) is 0 Å². The maximum absolute atomic E-state index is 13.1. The molecule has 0 atom stereocenters. The molecule has 0 aliphatic rings. The van der Waals surface area contributed by atoms with E-state index in [2.05, 4.69) is 0 Å². The number of rotatable bonds is 4. The number of nitrogens with zero attached hydrogens (tertiary/aromatic N) is 1.